The van der Waals surface area contributed by atoms with Crippen LogP contribution in [0.3, 0.4) is 0 Å². The molecule has 5 heteroatoms. The Morgan fingerprint density at radius 2 is 2.21 bits per heavy atom. The van der Waals surface area contributed by atoms with Gasteiger partial charge in [0.15, 0.2) is 0 Å². The Morgan fingerprint density at radius 3 is 2.84 bits per heavy atom. The summed E-state index contributed by atoms with van der Waals surface area (Å²) < 4.78 is 19.1. The third-order valence-electron chi connectivity index (χ3n) is 2.63. The summed E-state index contributed by atoms with van der Waals surface area (Å²) in [7, 11) is 0. The van der Waals surface area contributed by atoms with E-state index in [-0.39, 0.29) is 17.9 Å². The lowest BCUT2D eigenvalue weighted by Gasteiger charge is -2.18. The third-order valence-corrected chi connectivity index (χ3v) is 2.63. The highest BCUT2D eigenvalue weighted by molar-refractivity contribution is 5.44. The summed E-state index contributed by atoms with van der Waals surface area (Å²) in [6.45, 7) is 0.201. The lowest BCUT2D eigenvalue weighted by Crippen LogP contribution is -2.19. The number of hydrogen-bond acceptors (Lipinski definition) is 4. The largest absolute Gasteiger partial charge is 0.483 e. The first-order chi connectivity index (χ1) is 9.26. The summed E-state index contributed by atoms with van der Waals surface area (Å²) in [6, 6.07) is 9.61. The minimum atomic E-state index is -0.609. The molecule has 0 spiro atoms. The number of benzene rings is 1. The van der Waals surface area contributed by atoms with Crippen LogP contribution in [0.15, 0.2) is 42.7 Å². The van der Waals surface area contributed by atoms with E-state index in [1.807, 2.05) is 6.07 Å². The maximum absolute atomic E-state index is 13.5. The van der Waals surface area contributed by atoms with Gasteiger partial charge in [-0.2, -0.15) is 5.26 Å². The van der Waals surface area contributed by atoms with E-state index in [1.165, 1.54) is 12.1 Å². The van der Waals surface area contributed by atoms with Crippen LogP contribution in [-0.2, 0) is 0 Å². The van der Waals surface area contributed by atoms with Gasteiger partial charge in [0.05, 0.1) is 0 Å². The van der Waals surface area contributed by atoms with E-state index < -0.39 is 11.9 Å². The summed E-state index contributed by atoms with van der Waals surface area (Å²) in [5.41, 5.74) is 6.31. The van der Waals surface area contributed by atoms with Crippen molar-refractivity contribution >= 4 is 0 Å². The fraction of sp³-hybridized carbons (Fsp3) is 0.143. The monoisotopic (exact) mass is 257 g/mol. The number of ether oxygens (including phenoxy) is 1. The van der Waals surface area contributed by atoms with Crippen molar-refractivity contribution in [2.45, 2.75) is 6.10 Å². The van der Waals surface area contributed by atoms with Crippen molar-refractivity contribution in [1.82, 2.24) is 4.98 Å². The molecule has 2 aromatic rings. The first-order valence-corrected chi connectivity index (χ1v) is 5.71. The van der Waals surface area contributed by atoms with Crippen LogP contribution >= 0.6 is 0 Å². The maximum Gasteiger partial charge on any atom is 0.144 e. The predicted molar refractivity (Wildman–Crippen MR) is 67.8 cm³/mol. The number of nitrogens with zero attached hydrogens (tertiary/aromatic N) is 2. The van der Waals surface area contributed by atoms with Crippen molar-refractivity contribution in [3.63, 3.8) is 0 Å². The molecule has 1 aromatic heterocycles. The van der Waals surface area contributed by atoms with Gasteiger partial charge in [0, 0.05) is 24.5 Å². The number of halogens is 1. The molecule has 1 heterocycles. The molecule has 0 fully saturated rings. The first kappa shape index (κ1) is 13.0. The first-order valence-electron chi connectivity index (χ1n) is 5.71. The SMILES string of the molecule is N#Cc1c(F)cccc1OC(CN)c1cccnc1. The summed E-state index contributed by atoms with van der Waals surface area (Å²) in [4.78, 5) is 3.98. The van der Waals surface area contributed by atoms with Crippen LogP contribution in [0.1, 0.15) is 17.2 Å². The van der Waals surface area contributed by atoms with Crippen LogP contribution in [0.25, 0.3) is 0 Å². The highest BCUT2D eigenvalue weighted by atomic mass is 19.1. The van der Waals surface area contributed by atoms with Gasteiger partial charge in [-0.15, -0.1) is 0 Å². The number of nitrogens with two attached hydrogens (primary N) is 1. The lowest BCUT2D eigenvalue weighted by atomic mass is 10.1. The fourth-order valence-electron chi connectivity index (χ4n) is 1.68. The molecule has 0 saturated heterocycles. The molecule has 0 bridgehead atoms. The second-order valence-corrected chi connectivity index (χ2v) is 3.85. The average Bonchev–Trinajstić information content (AvgIpc) is 2.46. The Balaban J connectivity index is 2.30. The Labute approximate surface area is 110 Å². The zero-order chi connectivity index (χ0) is 13.7. The van der Waals surface area contributed by atoms with E-state index in [9.17, 15) is 4.39 Å². The minimum Gasteiger partial charge on any atom is -0.483 e. The summed E-state index contributed by atoms with van der Waals surface area (Å²) in [5.74, 6) is -0.427. The second-order valence-electron chi connectivity index (χ2n) is 3.85. The molecule has 0 aliphatic heterocycles. The standard InChI is InChI=1S/C14H12FN3O/c15-12-4-1-5-13(11(12)7-16)19-14(8-17)10-3-2-6-18-9-10/h1-6,9,14H,8,17H2. The molecular formula is C14H12FN3O. The van der Waals surface area contributed by atoms with Crippen molar-refractivity contribution < 1.29 is 9.13 Å². The Kier molecular flexibility index (Phi) is 4.06. The van der Waals surface area contributed by atoms with Gasteiger partial charge < -0.3 is 10.5 Å². The lowest BCUT2D eigenvalue weighted by molar-refractivity contribution is 0.212. The van der Waals surface area contributed by atoms with Crippen molar-refractivity contribution in [2.75, 3.05) is 6.54 Å². The Hall–Kier alpha value is -2.45. The molecule has 96 valence electrons. The molecule has 0 amide bonds. The number of hydrogen-bond donors (Lipinski definition) is 1. The zero-order valence-electron chi connectivity index (χ0n) is 10.1. The van der Waals surface area contributed by atoms with Crippen LogP contribution in [-0.4, -0.2) is 11.5 Å². The van der Waals surface area contributed by atoms with Crippen LogP contribution < -0.4 is 10.5 Å². The highest BCUT2D eigenvalue weighted by Gasteiger charge is 2.16. The van der Waals surface area contributed by atoms with Crippen molar-refractivity contribution in [3.05, 3.63) is 59.7 Å². The Bertz CT molecular complexity index is 595. The van der Waals surface area contributed by atoms with Gasteiger partial charge in [0.25, 0.3) is 0 Å². The van der Waals surface area contributed by atoms with Gasteiger partial charge in [-0.05, 0) is 18.2 Å². The van der Waals surface area contributed by atoms with E-state index >= 15 is 0 Å². The molecule has 0 aliphatic carbocycles. The molecule has 2 rings (SSSR count). The molecule has 1 unspecified atom stereocenters. The number of aromatic nitrogens is 1. The average molecular weight is 257 g/mol. The normalized spacial score (nSPS) is 11.6. The summed E-state index contributed by atoms with van der Waals surface area (Å²) in [6.07, 6.45) is 2.80. The van der Waals surface area contributed by atoms with E-state index in [2.05, 4.69) is 4.98 Å². The van der Waals surface area contributed by atoms with Gasteiger partial charge in [0.2, 0.25) is 0 Å². The van der Waals surface area contributed by atoms with Crippen molar-refractivity contribution in [3.8, 4) is 11.8 Å². The third kappa shape index (κ3) is 2.87. The minimum absolute atomic E-state index is 0.121. The van der Waals surface area contributed by atoms with Gasteiger partial charge in [-0.25, -0.2) is 4.39 Å². The molecule has 0 aliphatic rings. The maximum atomic E-state index is 13.5. The highest BCUT2D eigenvalue weighted by Crippen LogP contribution is 2.25. The van der Waals surface area contributed by atoms with Crippen molar-refractivity contribution in [2.24, 2.45) is 5.73 Å². The van der Waals surface area contributed by atoms with Crippen LogP contribution in [0.2, 0.25) is 0 Å². The van der Waals surface area contributed by atoms with Crippen LogP contribution in [0.5, 0.6) is 5.75 Å². The molecule has 19 heavy (non-hydrogen) atoms. The molecule has 1 aromatic carbocycles. The zero-order valence-corrected chi connectivity index (χ0v) is 10.1. The van der Waals surface area contributed by atoms with E-state index in [1.54, 1.807) is 30.6 Å². The van der Waals surface area contributed by atoms with E-state index in [0.717, 1.165) is 5.56 Å². The fourth-order valence-corrected chi connectivity index (χ4v) is 1.68. The Morgan fingerprint density at radius 1 is 1.37 bits per heavy atom. The number of pyridine rings is 1. The summed E-state index contributed by atoms with van der Waals surface area (Å²) in [5, 5.41) is 8.94. The smallest absolute Gasteiger partial charge is 0.144 e. The quantitative estimate of drug-likeness (QED) is 0.911. The van der Waals surface area contributed by atoms with Gasteiger partial charge >= 0.3 is 0 Å². The molecular weight excluding hydrogens is 245 g/mol. The molecule has 2 N–H and O–H groups in total. The molecule has 0 radical (unpaired) electrons. The van der Waals surface area contributed by atoms with E-state index in [0.29, 0.717) is 0 Å². The van der Waals surface area contributed by atoms with Gasteiger partial charge in [0.1, 0.15) is 29.3 Å². The van der Waals surface area contributed by atoms with Crippen LogP contribution in [0.4, 0.5) is 4.39 Å². The van der Waals surface area contributed by atoms with Crippen LogP contribution in [0, 0.1) is 17.1 Å². The number of rotatable bonds is 4. The van der Waals surface area contributed by atoms with E-state index in [4.69, 9.17) is 15.7 Å². The van der Waals surface area contributed by atoms with Gasteiger partial charge in [-0.3, -0.25) is 4.98 Å². The topological polar surface area (TPSA) is 71.9 Å². The summed E-state index contributed by atoms with van der Waals surface area (Å²) >= 11 is 0. The molecule has 4 nitrogen and oxygen atoms in total. The second kappa shape index (κ2) is 5.94. The van der Waals surface area contributed by atoms with Crippen molar-refractivity contribution in [1.29, 1.82) is 5.26 Å². The number of nitriles is 1. The molecule has 1 atom stereocenters. The molecule has 0 saturated carbocycles. The predicted octanol–water partition coefficient (Wildman–Crippen LogP) is 2.17. The van der Waals surface area contributed by atoms with Gasteiger partial charge in [-0.1, -0.05) is 12.1 Å².